The van der Waals surface area contributed by atoms with Gasteiger partial charge in [0.05, 0.1) is 6.04 Å². The molecule has 1 amide bonds. The van der Waals surface area contributed by atoms with Gasteiger partial charge in [0.2, 0.25) is 5.91 Å². The number of nitrogens with two attached hydrogens (primary N) is 1. The molecule has 19 heavy (non-hydrogen) atoms. The third kappa shape index (κ3) is 3.32. The van der Waals surface area contributed by atoms with Crippen molar-refractivity contribution in [1.82, 2.24) is 9.88 Å². The Kier molecular flexibility index (Phi) is 4.53. The highest BCUT2D eigenvalue weighted by molar-refractivity contribution is 5.76. The van der Waals surface area contributed by atoms with E-state index in [0.29, 0.717) is 12.3 Å². The molecule has 1 saturated carbocycles. The molecule has 4 nitrogen and oxygen atoms in total. The van der Waals surface area contributed by atoms with Gasteiger partial charge in [0.15, 0.2) is 0 Å². The van der Waals surface area contributed by atoms with Crippen molar-refractivity contribution in [2.45, 2.75) is 44.7 Å². The van der Waals surface area contributed by atoms with E-state index in [1.54, 1.807) is 12.4 Å². The summed E-state index contributed by atoms with van der Waals surface area (Å²) in [4.78, 5) is 18.1. The maximum atomic E-state index is 12.3. The van der Waals surface area contributed by atoms with Crippen LogP contribution in [0.2, 0.25) is 0 Å². The first kappa shape index (κ1) is 14.0. The molecule has 1 aliphatic carbocycles. The fraction of sp³-hybridized carbons (Fsp3) is 0.600. The maximum Gasteiger partial charge on any atom is 0.223 e. The lowest BCUT2D eigenvalue weighted by atomic mass is 9.98. The first-order valence-electron chi connectivity index (χ1n) is 7.00. The summed E-state index contributed by atoms with van der Waals surface area (Å²) in [5.41, 5.74) is 7.15. The van der Waals surface area contributed by atoms with E-state index in [-0.39, 0.29) is 18.0 Å². The van der Waals surface area contributed by atoms with Crippen LogP contribution in [0.3, 0.4) is 0 Å². The van der Waals surface area contributed by atoms with Gasteiger partial charge in [-0.15, -0.1) is 0 Å². The largest absolute Gasteiger partial charge is 0.339 e. The molecule has 1 aliphatic rings. The van der Waals surface area contributed by atoms with Gasteiger partial charge in [-0.3, -0.25) is 9.78 Å². The Balaban J connectivity index is 1.95. The fourth-order valence-electron chi connectivity index (χ4n) is 2.77. The lowest BCUT2D eigenvalue weighted by Gasteiger charge is -2.27. The van der Waals surface area contributed by atoms with Crippen LogP contribution in [0.15, 0.2) is 24.5 Å². The highest BCUT2D eigenvalue weighted by Crippen LogP contribution is 2.28. The first-order chi connectivity index (χ1) is 9.09. The molecule has 4 heteroatoms. The minimum atomic E-state index is 0.0770. The van der Waals surface area contributed by atoms with Gasteiger partial charge in [-0.05, 0) is 43.4 Å². The highest BCUT2D eigenvalue weighted by Gasteiger charge is 2.28. The molecular formula is C15H23N3O. The maximum absolute atomic E-state index is 12.3. The zero-order valence-electron chi connectivity index (χ0n) is 11.7. The van der Waals surface area contributed by atoms with Crippen molar-refractivity contribution in [2.75, 3.05) is 7.05 Å². The van der Waals surface area contributed by atoms with Crippen molar-refractivity contribution in [3.05, 3.63) is 30.1 Å². The summed E-state index contributed by atoms with van der Waals surface area (Å²) in [5.74, 6) is 0.547. The van der Waals surface area contributed by atoms with Gasteiger partial charge < -0.3 is 10.6 Å². The summed E-state index contributed by atoms with van der Waals surface area (Å²) in [6.45, 7) is 2.04. The SMILES string of the molecule is CC(c1ccncc1)N(C)C(=O)C[C@@H]1CCC[C@H]1N. The van der Waals surface area contributed by atoms with Crippen LogP contribution in [0, 0.1) is 5.92 Å². The molecule has 104 valence electrons. The van der Waals surface area contributed by atoms with Gasteiger partial charge in [0.1, 0.15) is 0 Å². The van der Waals surface area contributed by atoms with Crippen LogP contribution in [0.25, 0.3) is 0 Å². The van der Waals surface area contributed by atoms with Crippen molar-refractivity contribution >= 4 is 5.91 Å². The van der Waals surface area contributed by atoms with Gasteiger partial charge >= 0.3 is 0 Å². The first-order valence-corrected chi connectivity index (χ1v) is 7.00. The quantitative estimate of drug-likeness (QED) is 0.903. The van der Waals surface area contributed by atoms with Crippen molar-refractivity contribution in [1.29, 1.82) is 0 Å². The minimum Gasteiger partial charge on any atom is -0.339 e. The second kappa shape index (κ2) is 6.15. The number of nitrogens with zero attached hydrogens (tertiary/aromatic N) is 2. The lowest BCUT2D eigenvalue weighted by molar-refractivity contribution is -0.132. The molecule has 1 fully saturated rings. The third-order valence-corrected chi connectivity index (χ3v) is 4.32. The zero-order chi connectivity index (χ0) is 13.8. The van der Waals surface area contributed by atoms with Gasteiger partial charge in [0.25, 0.3) is 0 Å². The number of amides is 1. The van der Waals surface area contributed by atoms with Crippen LogP contribution in [0.4, 0.5) is 0 Å². The summed E-state index contributed by atoms with van der Waals surface area (Å²) in [6.07, 6.45) is 7.40. The van der Waals surface area contributed by atoms with Gasteiger partial charge in [-0.2, -0.15) is 0 Å². The number of aromatic nitrogens is 1. The van der Waals surface area contributed by atoms with Crippen LogP contribution >= 0.6 is 0 Å². The fourth-order valence-corrected chi connectivity index (χ4v) is 2.77. The predicted molar refractivity (Wildman–Crippen MR) is 75.4 cm³/mol. The summed E-state index contributed by atoms with van der Waals surface area (Å²) < 4.78 is 0. The average molecular weight is 261 g/mol. The number of hydrogen-bond donors (Lipinski definition) is 1. The molecule has 1 unspecified atom stereocenters. The Morgan fingerprint density at radius 2 is 2.16 bits per heavy atom. The van der Waals surface area contributed by atoms with E-state index in [1.165, 1.54) is 0 Å². The van der Waals surface area contributed by atoms with Gasteiger partial charge in [-0.1, -0.05) is 6.42 Å². The molecule has 2 N–H and O–H groups in total. The molecular weight excluding hydrogens is 238 g/mol. The molecule has 1 heterocycles. The predicted octanol–water partition coefficient (Wildman–Crippen LogP) is 2.12. The Labute approximate surface area is 115 Å². The van der Waals surface area contributed by atoms with E-state index < -0.39 is 0 Å². The Morgan fingerprint density at radius 3 is 2.74 bits per heavy atom. The monoisotopic (exact) mass is 261 g/mol. The van der Waals surface area contributed by atoms with Crippen LogP contribution in [0.1, 0.15) is 44.2 Å². The van der Waals surface area contributed by atoms with Crippen LogP contribution in [0.5, 0.6) is 0 Å². The van der Waals surface area contributed by atoms with E-state index in [1.807, 2.05) is 31.0 Å². The van der Waals surface area contributed by atoms with Crippen LogP contribution < -0.4 is 5.73 Å². The molecule has 0 radical (unpaired) electrons. The minimum absolute atomic E-state index is 0.0770. The molecule has 2 rings (SSSR count). The summed E-state index contributed by atoms with van der Waals surface area (Å²) in [6, 6.07) is 4.19. The lowest BCUT2D eigenvalue weighted by Crippen LogP contribution is -2.34. The van der Waals surface area contributed by atoms with Crippen LogP contribution in [-0.2, 0) is 4.79 Å². The van der Waals surface area contributed by atoms with Crippen molar-refractivity contribution < 1.29 is 4.79 Å². The van der Waals surface area contributed by atoms with E-state index in [2.05, 4.69) is 4.98 Å². The summed E-state index contributed by atoms with van der Waals surface area (Å²) >= 11 is 0. The second-order valence-corrected chi connectivity index (χ2v) is 5.52. The van der Waals surface area contributed by atoms with Crippen LogP contribution in [-0.4, -0.2) is 28.9 Å². The van der Waals surface area contributed by atoms with E-state index >= 15 is 0 Å². The Bertz CT molecular complexity index is 421. The molecule has 0 aromatic carbocycles. The van der Waals surface area contributed by atoms with Gasteiger partial charge in [-0.25, -0.2) is 0 Å². The molecule has 1 aromatic rings. The molecule has 0 bridgehead atoms. The Hall–Kier alpha value is -1.42. The number of carbonyl (C=O) groups is 1. The molecule has 1 aromatic heterocycles. The third-order valence-electron chi connectivity index (χ3n) is 4.32. The zero-order valence-corrected chi connectivity index (χ0v) is 11.7. The molecule has 0 spiro atoms. The number of hydrogen-bond acceptors (Lipinski definition) is 3. The van der Waals surface area contributed by atoms with E-state index in [0.717, 1.165) is 24.8 Å². The second-order valence-electron chi connectivity index (χ2n) is 5.52. The normalized spacial score (nSPS) is 24.2. The molecule has 0 aliphatic heterocycles. The van der Waals surface area contributed by atoms with E-state index in [9.17, 15) is 4.79 Å². The summed E-state index contributed by atoms with van der Waals surface area (Å²) in [5, 5.41) is 0. The Morgan fingerprint density at radius 1 is 1.47 bits per heavy atom. The number of carbonyl (C=O) groups excluding carboxylic acids is 1. The van der Waals surface area contributed by atoms with Crippen molar-refractivity contribution in [3.8, 4) is 0 Å². The molecule has 3 atom stereocenters. The van der Waals surface area contributed by atoms with Crippen molar-refractivity contribution in [2.24, 2.45) is 11.7 Å². The number of rotatable bonds is 4. The van der Waals surface area contributed by atoms with Gasteiger partial charge in [0, 0.05) is 31.9 Å². The smallest absolute Gasteiger partial charge is 0.223 e. The molecule has 0 saturated heterocycles. The summed E-state index contributed by atoms with van der Waals surface area (Å²) in [7, 11) is 1.87. The topological polar surface area (TPSA) is 59.2 Å². The highest BCUT2D eigenvalue weighted by atomic mass is 16.2. The van der Waals surface area contributed by atoms with E-state index in [4.69, 9.17) is 5.73 Å². The average Bonchev–Trinajstić information content (AvgIpc) is 2.83. The standard InChI is InChI=1S/C15H23N3O/c1-11(12-6-8-17-9-7-12)18(2)15(19)10-13-4-3-5-14(13)16/h6-9,11,13-14H,3-5,10,16H2,1-2H3/t11?,13-,14+/m0/s1. The number of pyridine rings is 1. The van der Waals surface area contributed by atoms with Crippen molar-refractivity contribution in [3.63, 3.8) is 0 Å².